The second-order valence-corrected chi connectivity index (χ2v) is 5.73. The van der Waals surface area contributed by atoms with Crippen molar-refractivity contribution in [3.05, 3.63) is 41.2 Å². The highest BCUT2D eigenvalue weighted by Gasteiger charge is 2.19. The highest BCUT2D eigenvalue weighted by molar-refractivity contribution is 5.92. The zero-order chi connectivity index (χ0) is 16.9. The first-order valence-corrected chi connectivity index (χ1v) is 7.95. The monoisotopic (exact) mass is 330 g/mol. The second kappa shape index (κ2) is 7.35. The maximum Gasteiger partial charge on any atom is 0.269 e. The fourth-order valence-corrected chi connectivity index (χ4v) is 2.94. The van der Waals surface area contributed by atoms with Gasteiger partial charge in [-0.2, -0.15) is 5.10 Å². The first kappa shape index (κ1) is 16.3. The van der Waals surface area contributed by atoms with Gasteiger partial charge in [0, 0.05) is 32.4 Å². The predicted molar refractivity (Wildman–Crippen MR) is 89.4 cm³/mol. The van der Waals surface area contributed by atoms with Gasteiger partial charge < -0.3 is 14.8 Å². The number of nitrogens with one attached hydrogen (secondary N) is 2. The molecule has 1 aliphatic rings. The fraction of sp³-hybridized carbons (Fsp3) is 0.412. The molecule has 1 aromatic carbocycles. The summed E-state index contributed by atoms with van der Waals surface area (Å²) in [5, 5.41) is 9.34. The third-order valence-electron chi connectivity index (χ3n) is 4.26. The Hall–Kier alpha value is -2.54. The van der Waals surface area contributed by atoms with E-state index < -0.39 is 0 Å². The number of fused-ring (bicyclic) bond motifs is 1. The number of hydrogen-bond acceptors (Lipinski definition) is 5. The van der Waals surface area contributed by atoms with Gasteiger partial charge in [-0.15, -0.1) is 0 Å². The minimum absolute atomic E-state index is 0.128. The summed E-state index contributed by atoms with van der Waals surface area (Å²) in [6.45, 7) is 3.20. The number of aromatic nitrogens is 2. The Morgan fingerprint density at radius 2 is 2.04 bits per heavy atom. The molecular formula is C17H22N4O3. The zero-order valence-corrected chi connectivity index (χ0v) is 14.0. The third kappa shape index (κ3) is 3.51. The van der Waals surface area contributed by atoms with Crippen LogP contribution in [-0.2, 0) is 13.0 Å². The van der Waals surface area contributed by atoms with Crippen LogP contribution in [0.15, 0.2) is 24.4 Å². The van der Waals surface area contributed by atoms with Crippen LogP contribution in [0.3, 0.4) is 0 Å². The van der Waals surface area contributed by atoms with Gasteiger partial charge in [0.1, 0.15) is 5.69 Å². The van der Waals surface area contributed by atoms with E-state index >= 15 is 0 Å². The molecule has 0 fully saturated rings. The minimum atomic E-state index is -0.128. The summed E-state index contributed by atoms with van der Waals surface area (Å²) in [6, 6.07) is 5.77. The van der Waals surface area contributed by atoms with Gasteiger partial charge in [0.15, 0.2) is 11.5 Å². The fourth-order valence-electron chi connectivity index (χ4n) is 2.94. The number of H-pyrrole nitrogens is 1. The number of benzene rings is 1. The van der Waals surface area contributed by atoms with Crippen molar-refractivity contribution in [1.82, 2.24) is 20.4 Å². The molecule has 7 nitrogen and oxygen atoms in total. The van der Waals surface area contributed by atoms with E-state index in [2.05, 4.69) is 26.5 Å². The SMILES string of the molecule is COc1cc2c(cc1OC)CN(CCNC(=O)c1ccn[nH]1)CC2. The molecule has 1 amide bonds. The van der Waals surface area contributed by atoms with Gasteiger partial charge in [0.2, 0.25) is 0 Å². The first-order valence-electron chi connectivity index (χ1n) is 7.95. The molecule has 0 spiro atoms. The van der Waals surface area contributed by atoms with E-state index in [9.17, 15) is 4.79 Å². The quantitative estimate of drug-likeness (QED) is 0.832. The van der Waals surface area contributed by atoms with Gasteiger partial charge in [0.25, 0.3) is 5.91 Å². The number of hydrogen-bond donors (Lipinski definition) is 2. The van der Waals surface area contributed by atoms with Crippen molar-refractivity contribution < 1.29 is 14.3 Å². The van der Waals surface area contributed by atoms with E-state index in [1.54, 1.807) is 26.5 Å². The Morgan fingerprint density at radius 1 is 1.29 bits per heavy atom. The molecule has 0 atom stereocenters. The van der Waals surface area contributed by atoms with Gasteiger partial charge >= 0.3 is 0 Å². The van der Waals surface area contributed by atoms with Gasteiger partial charge in [-0.1, -0.05) is 0 Å². The lowest BCUT2D eigenvalue weighted by atomic mass is 9.99. The van der Waals surface area contributed by atoms with E-state index in [0.717, 1.165) is 37.6 Å². The Balaban J connectivity index is 1.56. The average molecular weight is 330 g/mol. The maximum absolute atomic E-state index is 11.9. The topological polar surface area (TPSA) is 79.5 Å². The summed E-state index contributed by atoms with van der Waals surface area (Å²) in [5.41, 5.74) is 3.03. The minimum Gasteiger partial charge on any atom is -0.493 e. The van der Waals surface area contributed by atoms with Crippen molar-refractivity contribution in [2.45, 2.75) is 13.0 Å². The normalized spacial score (nSPS) is 14.1. The van der Waals surface area contributed by atoms with Crippen LogP contribution in [0.2, 0.25) is 0 Å². The van der Waals surface area contributed by atoms with Crippen molar-refractivity contribution in [2.24, 2.45) is 0 Å². The molecule has 7 heteroatoms. The van der Waals surface area contributed by atoms with E-state index in [-0.39, 0.29) is 5.91 Å². The van der Waals surface area contributed by atoms with Crippen molar-refractivity contribution in [3.8, 4) is 11.5 Å². The van der Waals surface area contributed by atoms with Gasteiger partial charge in [-0.05, 0) is 35.7 Å². The van der Waals surface area contributed by atoms with Gasteiger partial charge in [-0.25, -0.2) is 0 Å². The number of ether oxygens (including phenoxy) is 2. The summed E-state index contributed by atoms with van der Waals surface area (Å²) < 4.78 is 10.7. The second-order valence-electron chi connectivity index (χ2n) is 5.73. The molecular weight excluding hydrogens is 308 g/mol. The van der Waals surface area contributed by atoms with Crippen molar-refractivity contribution in [3.63, 3.8) is 0 Å². The van der Waals surface area contributed by atoms with Crippen LogP contribution >= 0.6 is 0 Å². The van der Waals surface area contributed by atoms with Gasteiger partial charge in [-0.3, -0.25) is 14.8 Å². The molecule has 2 N–H and O–H groups in total. The van der Waals surface area contributed by atoms with Crippen LogP contribution in [-0.4, -0.2) is 54.9 Å². The van der Waals surface area contributed by atoms with E-state index in [4.69, 9.17) is 9.47 Å². The van der Waals surface area contributed by atoms with E-state index in [0.29, 0.717) is 12.2 Å². The Bertz CT molecular complexity index is 700. The number of carbonyl (C=O) groups is 1. The smallest absolute Gasteiger partial charge is 0.269 e. The van der Waals surface area contributed by atoms with Crippen LogP contribution in [0, 0.1) is 0 Å². The van der Waals surface area contributed by atoms with Crippen LogP contribution < -0.4 is 14.8 Å². The molecule has 0 saturated carbocycles. The molecule has 0 radical (unpaired) electrons. The molecule has 24 heavy (non-hydrogen) atoms. The summed E-state index contributed by atoms with van der Waals surface area (Å²) >= 11 is 0. The highest BCUT2D eigenvalue weighted by Crippen LogP contribution is 2.33. The Morgan fingerprint density at radius 3 is 2.71 bits per heavy atom. The summed E-state index contributed by atoms with van der Waals surface area (Å²) in [4.78, 5) is 14.2. The number of rotatable bonds is 6. The molecule has 2 aromatic rings. The van der Waals surface area contributed by atoms with Gasteiger partial charge in [0.05, 0.1) is 14.2 Å². The van der Waals surface area contributed by atoms with E-state index in [1.165, 1.54) is 11.1 Å². The molecule has 128 valence electrons. The highest BCUT2D eigenvalue weighted by atomic mass is 16.5. The Kier molecular flexibility index (Phi) is 5.00. The standard InChI is InChI=1S/C17H22N4O3/c1-23-15-9-12-4-7-21(11-13(12)10-16(15)24-2)8-6-18-17(22)14-3-5-19-20-14/h3,5,9-10H,4,6-8,11H2,1-2H3,(H,18,22)(H,19,20). The van der Waals surface area contributed by atoms with Crippen LogP contribution in [0.4, 0.5) is 0 Å². The lowest BCUT2D eigenvalue weighted by Gasteiger charge is -2.29. The average Bonchev–Trinajstić information content (AvgIpc) is 3.15. The lowest BCUT2D eigenvalue weighted by Crippen LogP contribution is -2.38. The largest absolute Gasteiger partial charge is 0.493 e. The van der Waals surface area contributed by atoms with Crippen LogP contribution in [0.25, 0.3) is 0 Å². The van der Waals surface area contributed by atoms with Crippen molar-refractivity contribution in [2.75, 3.05) is 33.9 Å². The van der Waals surface area contributed by atoms with E-state index in [1.807, 2.05) is 6.07 Å². The molecule has 0 aliphatic carbocycles. The lowest BCUT2D eigenvalue weighted by molar-refractivity contribution is 0.0942. The summed E-state index contributed by atoms with van der Waals surface area (Å²) in [7, 11) is 3.30. The Labute approximate surface area is 140 Å². The number of nitrogens with zero attached hydrogens (tertiary/aromatic N) is 2. The van der Waals surface area contributed by atoms with Crippen molar-refractivity contribution >= 4 is 5.91 Å². The summed E-state index contributed by atoms with van der Waals surface area (Å²) in [6.07, 6.45) is 2.53. The number of carbonyl (C=O) groups excluding carboxylic acids is 1. The number of methoxy groups -OCH3 is 2. The van der Waals surface area contributed by atoms with Crippen LogP contribution in [0.5, 0.6) is 11.5 Å². The zero-order valence-electron chi connectivity index (χ0n) is 14.0. The first-order chi connectivity index (χ1) is 11.7. The molecule has 0 saturated heterocycles. The number of aromatic amines is 1. The maximum atomic E-state index is 11.9. The van der Waals surface area contributed by atoms with Crippen LogP contribution in [0.1, 0.15) is 21.6 Å². The molecule has 2 heterocycles. The van der Waals surface area contributed by atoms with Crippen molar-refractivity contribution in [1.29, 1.82) is 0 Å². The molecule has 3 rings (SSSR count). The molecule has 0 bridgehead atoms. The third-order valence-corrected chi connectivity index (χ3v) is 4.26. The molecule has 0 unspecified atom stereocenters. The number of amides is 1. The molecule has 1 aliphatic heterocycles. The summed E-state index contributed by atoms with van der Waals surface area (Å²) in [5.74, 6) is 1.40. The molecule has 1 aromatic heterocycles. The predicted octanol–water partition coefficient (Wildman–Crippen LogP) is 1.21.